The minimum absolute atomic E-state index is 0.370. The van der Waals surface area contributed by atoms with Crippen molar-refractivity contribution in [3.05, 3.63) is 24.0 Å². The van der Waals surface area contributed by atoms with E-state index in [1.807, 2.05) is 6.08 Å². The Balaban J connectivity index is 1.73. The molecular weight excluding hydrogens is 128 g/mol. The third-order valence-electron chi connectivity index (χ3n) is 1.58. The highest BCUT2D eigenvalue weighted by Gasteiger charge is 2.23. The molecule has 2 heteroatoms. The first kappa shape index (κ1) is 5.98. The van der Waals surface area contributed by atoms with Gasteiger partial charge in [-0.25, -0.2) is 0 Å². The summed E-state index contributed by atoms with van der Waals surface area (Å²) in [5.41, 5.74) is 0. The number of rotatable bonds is 3. The highest BCUT2D eigenvalue weighted by atomic mass is 16.6. The van der Waals surface area contributed by atoms with E-state index in [9.17, 15) is 0 Å². The van der Waals surface area contributed by atoms with Gasteiger partial charge in [0.25, 0.3) is 0 Å². The van der Waals surface area contributed by atoms with Gasteiger partial charge in [-0.3, -0.25) is 0 Å². The predicted molar refractivity (Wildman–Crippen MR) is 37.5 cm³/mol. The van der Waals surface area contributed by atoms with Crippen molar-refractivity contribution in [2.24, 2.45) is 0 Å². The smallest absolute Gasteiger partial charge is 0.117 e. The number of allylic oxidation sites excluding steroid dienone is 3. The molecular formula is C8H10O2. The zero-order valence-corrected chi connectivity index (χ0v) is 5.75. The molecule has 0 N–H and O–H groups in total. The minimum Gasteiger partial charge on any atom is -0.491 e. The summed E-state index contributed by atoms with van der Waals surface area (Å²) < 4.78 is 10.4. The Morgan fingerprint density at radius 1 is 1.70 bits per heavy atom. The fraction of sp³-hybridized carbons (Fsp3) is 0.500. The van der Waals surface area contributed by atoms with E-state index in [-0.39, 0.29) is 0 Å². The highest BCUT2D eigenvalue weighted by molar-refractivity contribution is 5.20. The Morgan fingerprint density at radius 3 is 3.20 bits per heavy atom. The van der Waals surface area contributed by atoms with Gasteiger partial charge < -0.3 is 9.47 Å². The molecule has 1 fully saturated rings. The molecule has 2 nitrogen and oxygen atoms in total. The standard InChI is InChI=1S/C8H10O2/c1-2-4-7(3-1)9-5-8-6-10-8/h1,3-4,8H,2,5-6H2. The summed E-state index contributed by atoms with van der Waals surface area (Å²) in [7, 11) is 0. The van der Waals surface area contributed by atoms with Gasteiger partial charge in [-0.2, -0.15) is 0 Å². The lowest BCUT2D eigenvalue weighted by Gasteiger charge is -2.00. The second kappa shape index (κ2) is 2.46. The number of hydrogen-bond acceptors (Lipinski definition) is 2. The van der Waals surface area contributed by atoms with Gasteiger partial charge in [0.2, 0.25) is 0 Å². The molecule has 0 amide bonds. The molecule has 0 bridgehead atoms. The molecule has 54 valence electrons. The van der Waals surface area contributed by atoms with E-state index in [2.05, 4.69) is 12.2 Å². The normalized spacial score (nSPS) is 28.4. The molecule has 10 heavy (non-hydrogen) atoms. The number of epoxide rings is 1. The van der Waals surface area contributed by atoms with Crippen molar-refractivity contribution in [3.8, 4) is 0 Å². The van der Waals surface area contributed by atoms with Crippen LogP contribution in [0.1, 0.15) is 6.42 Å². The lowest BCUT2D eigenvalue weighted by Crippen LogP contribution is -1.98. The molecule has 1 atom stereocenters. The molecule has 0 aromatic rings. The van der Waals surface area contributed by atoms with Crippen LogP contribution in [0.4, 0.5) is 0 Å². The molecule has 2 rings (SSSR count). The summed E-state index contributed by atoms with van der Waals surface area (Å²) in [6.45, 7) is 1.59. The maximum atomic E-state index is 5.38. The quantitative estimate of drug-likeness (QED) is 0.547. The summed E-state index contributed by atoms with van der Waals surface area (Å²) in [6, 6.07) is 0. The lowest BCUT2D eigenvalue weighted by molar-refractivity contribution is 0.193. The Labute approximate surface area is 60.1 Å². The summed E-state index contributed by atoms with van der Waals surface area (Å²) >= 11 is 0. The molecule has 1 saturated heterocycles. The third kappa shape index (κ3) is 1.39. The fourth-order valence-corrected chi connectivity index (χ4v) is 0.897. The first-order valence-electron chi connectivity index (χ1n) is 3.56. The highest BCUT2D eigenvalue weighted by Crippen LogP contribution is 2.14. The van der Waals surface area contributed by atoms with Crippen LogP contribution >= 0.6 is 0 Å². The van der Waals surface area contributed by atoms with Crippen molar-refractivity contribution in [1.82, 2.24) is 0 Å². The molecule has 1 aliphatic heterocycles. The van der Waals surface area contributed by atoms with Crippen molar-refractivity contribution in [3.63, 3.8) is 0 Å². The van der Waals surface area contributed by atoms with Crippen LogP contribution in [0.15, 0.2) is 24.0 Å². The predicted octanol–water partition coefficient (Wildman–Crippen LogP) is 1.25. The van der Waals surface area contributed by atoms with Crippen LogP contribution < -0.4 is 0 Å². The summed E-state index contributed by atoms with van der Waals surface area (Å²) in [6.07, 6.45) is 7.55. The van der Waals surface area contributed by atoms with Gasteiger partial charge in [0.1, 0.15) is 18.5 Å². The van der Waals surface area contributed by atoms with Gasteiger partial charge in [-0.05, 0) is 18.6 Å². The number of hydrogen-bond donors (Lipinski definition) is 0. The van der Waals surface area contributed by atoms with Gasteiger partial charge in [0.15, 0.2) is 0 Å². The molecule has 0 radical (unpaired) electrons. The third-order valence-corrected chi connectivity index (χ3v) is 1.58. The first-order chi connectivity index (χ1) is 4.95. The molecule has 0 saturated carbocycles. The van der Waals surface area contributed by atoms with Crippen LogP contribution in [-0.2, 0) is 9.47 Å². The second-order valence-corrected chi connectivity index (χ2v) is 2.51. The molecule has 1 unspecified atom stereocenters. The Morgan fingerprint density at radius 2 is 2.60 bits per heavy atom. The van der Waals surface area contributed by atoms with E-state index in [4.69, 9.17) is 9.47 Å². The van der Waals surface area contributed by atoms with Crippen LogP contribution in [-0.4, -0.2) is 19.3 Å². The summed E-state index contributed by atoms with van der Waals surface area (Å²) in [5, 5.41) is 0. The molecule has 1 heterocycles. The zero-order chi connectivity index (χ0) is 6.81. The Bertz CT molecular complexity index is 178. The zero-order valence-electron chi connectivity index (χ0n) is 5.75. The van der Waals surface area contributed by atoms with Gasteiger partial charge >= 0.3 is 0 Å². The van der Waals surface area contributed by atoms with Crippen molar-refractivity contribution in [2.45, 2.75) is 12.5 Å². The SMILES string of the molecule is C1=CC(OCC2CO2)=CC1. The Kier molecular flexibility index (Phi) is 1.47. The van der Waals surface area contributed by atoms with Crippen molar-refractivity contribution < 1.29 is 9.47 Å². The van der Waals surface area contributed by atoms with Crippen molar-refractivity contribution in [2.75, 3.05) is 13.2 Å². The maximum Gasteiger partial charge on any atom is 0.117 e. The molecule has 2 aliphatic rings. The fourth-order valence-electron chi connectivity index (χ4n) is 0.897. The molecule has 0 aromatic carbocycles. The average molecular weight is 138 g/mol. The van der Waals surface area contributed by atoms with E-state index >= 15 is 0 Å². The van der Waals surface area contributed by atoms with Crippen molar-refractivity contribution in [1.29, 1.82) is 0 Å². The largest absolute Gasteiger partial charge is 0.491 e. The van der Waals surface area contributed by atoms with Crippen LogP contribution in [0, 0.1) is 0 Å². The number of ether oxygens (including phenoxy) is 2. The van der Waals surface area contributed by atoms with Crippen LogP contribution in [0.5, 0.6) is 0 Å². The van der Waals surface area contributed by atoms with E-state index in [0.717, 1.165) is 25.4 Å². The van der Waals surface area contributed by atoms with Gasteiger partial charge in [-0.15, -0.1) is 0 Å². The monoisotopic (exact) mass is 138 g/mol. The van der Waals surface area contributed by atoms with E-state index in [1.165, 1.54) is 0 Å². The van der Waals surface area contributed by atoms with E-state index in [1.54, 1.807) is 0 Å². The van der Waals surface area contributed by atoms with Gasteiger partial charge in [0.05, 0.1) is 6.61 Å². The minimum atomic E-state index is 0.370. The first-order valence-corrected chi connectivity index (χ1v) is 3.56. The molecule has 0 aromatic heterocycles. The van der Waals surface area contributed by atoms with Crippen LogP contribution in [0.2, 0.25) is 0 Å². The van der Waals surface area contributed by atoms with Crippen LogP contribution in [0.25, 0.3) is 0 Å². The topological polar surface area (TPSA) is 21.8 Å². The maximum absolute atomic E-state index is 5.38. The van der Waals surface area contributed by atoms with E-state index in [0.29, 0.717) is 6.10 Å². The lowest BCUT2D eigenvalue weighted by atomic mass is 10.5. The van der Waals surface area contributed by atoms with Crippen molar-refractivity contribution >= 4 is 0 Å². The van der Waals surface area contributed by atoms with E-state index < -0.39 is 0 Å². The Hall–Kier alpha value is -0.760. The summed E-state index contributed by atoms with van der Waals surface area (Å²) in [5.74, 6) is 0.996. The summed E-state index contributed by atoms with van der Waals surface area (Å²) in [4.78, 5) is 0. The molecule has 0 spiro atoms. The van der Waals surface area contributed by atoms with Gasteiger partial charge in [0, 0.05) is 0 Å². The van der Waals surface area contributed by atoms with Gasteiger partial charge in [-0.1, -0.05) is 6.08 Å². The van der Waals surface area contributed by atoms with Crippen LogP contribution in [0.3, 0.4) is 0 Å². The molecule has 1 aliphatic carbocycles. The second-order valence-electron chi connectivity index (χ2n) is 2.51. The average Bonchev–Trinajstić information content (AvgIpc) is 2.63.